The third kappa shape index (κ3) is 3.58. The average Bonchev–Trinajstić information content (AvgIpc) is 3.42. The van der Waals surface area contributed by atoms with Crippen LogP contribution in [-0.2, 0) is 0 Å². The molecule has 134 valence electrons. The Labute approximate surface area is 159 Å². The quantitative estimate of drug-likeness (QED) is 0.418. The third-order valence-corrected chi connectivity index (χ3v) is 4.87. The van der Waals surface area contributed by atoms with Gasteiger partial charge >= 0.3 is 0 Å². The number of aromatic nitrogens is 2. The van der Waals surface area contributed by atoms with Gasteiger partial charge in [-0.2, -0.15) is 10.2 Å². The second-order valence-electron chi connectivity index (χ2n) is 5.78. The van der Waals surface area contributed by atoms with Gasteiger partial charge in [-0.15, -0.1) is 11.3 Å². The molecule has 6 nitrogen and oxygen atoms in total. The fraction of sp³-hybridized carbons (Fsp3) is 0.0500. The summed E-state index contributed by atoms with van der Waals surface area (Å²) >= 11 is 1.60. The van der Waals surface area contributed by atoms with Gasteiger partial charge in [0.05, 0.1) is 28.6 Å². The van der Waals surface area contributed by atoms with Gasteiger partial charge in [0.25, 0.3) is 5.91 Å². The minimum atomic E-state index is -0.314. The maximum absolute atomic E-state index is 12.2. The topological polar surface area (TPSA) is 72.4 Å². The number of carbonyl (C=O) groups excluding carboxylic acids is 1. The monoisotopic (exact) mass is 376 g/mol. The Bertz CT molecular complexity index is 1080. The summed E-state index contributed by atoms with van der Waals surface area (Å²) in [5.41, 5.74) is 5.57. The highest BCUT2D eigenvalue weighted by Gasteiger charge is 2.13. The molecule has 27 heavy (non-hydrogen) atoms. The van der Waals surface area contributed by atoms with Crippen molar-refractivity contribution >= 4 is 23.5 Å². The lowest BCUT2D eigenvalue weighted by atomic mass is 10.2. The van der Waals surface area contributed by atoms with Crippen molar-refractivity contribution in [1.82, 2.24) is 15.2 Å². The molecule has 1 aromatic carbocycles. The maximum Gasteiger partial charge on any atom is 0.274 e. The maximum atomic E-state index is 12.2. The van der Waals surface area contributed by atoms with Crippen LogP contribution in [0, 0.1) is 6.92 Å². The van der Waals surface area contributed by atoms with Crippen molar-refractivity contribution in [3.63, 3.8) is 0 Å². The standard InChI is InChI=1S/C20H16N4O2S/c1-14-17(9-10-26-14)20(25)22-21-12-15-13-24(16-6-3-2-4-7-16)23-19(15)18-8-5-11-27-18/h2-13H,1H3,(H,22,25)/b21-12-. The number of rotatable bonds is 5. The molecule has 0 aliphatic rings. The molecule has 0 radical (unpaired) electrons. The Kier molecular flexibility index (Phi) is 4.67. The molecular weight excluding hydrogens is 360 g/mol. The fourth-order valence-electron chi connectivity index (χ4n) is 2.64. The molecule has 0 spiro atoms. The zero-order valence-electron chi connectivity index (χ0n) is 14.5. The van der Waals surface area contributed by atoms with E-state index in [9.17, 15) is 4.79 Å². The van der Waals surface area contributed by atoms with Crippen LogP contribution in [0.5, 0.6) is 0 Å². The molecule has 0 atom stereocenters. The van der Waals surface area contributed by atoms with Crippen LogP contribution in [0.25, 0.3) is 16.3 Å². The summed E-state index contributed by atoms with van der Waals surface area (Å²) in [5, 5.41) is 10.8. The van der Waals surface area contributed by atoms with Crippen LogP contribution in [0.15, 0.2) is 75.9 Å². The van der Waals surface area contributed by atoms with E-state index in [-0.39, 0.29) is 5.91 Å². The summed E-state index contributed by atoms with van der Waals surface area (Å²) in [4.78, 5) is 13.2. The fourth-order valence-corrected chi connectivity index (χ4v) is 3.37. The van der Waals surface area contributed by atoms with Crippen LogP contribution in [0.2, 0.25) is 0 Å². The van der Waals surface area contributed by atoms with Gasteiger partial charge in [-0.05, 0) is 36.6 Å². The van der Waals surface area contributed by atoms with Gasteiger partial charge < -0.3 is 4.42 Å². The Hall–Kier alpha value is -3.45. The van der Waals surface area contributed by atoms with Crippen molar-refractivity contribution < 1.29 is 9.21 Å². The number of nitrogens with one attached hydrogen (secondary N) is 1. The van der Waals surface area contributed by atoms with E-state index in [0.29, 0.717) is 11.3 Å². The van der Waals surface area contributed by atoms with Gasteiger partial charge in [-0.3, -0.25) is 4.79 Å². The Balaban J connectivity index is 1.62. The second-order valence-corrected chi connectivity index (χ2v) is 6.73. The van der Waals surface area contributed by atoms with Crippen molar-refractivity contribution in [1.29, 1.82) is 0 Å². The first-order chi connectivity index (χ1) is 13.2. The van der Waals surface area contributed by atoms with E-state index in [2.05, 4.69) is 10.5 Å². The highest BCUT2D eigenvalue weighted by molar-refractivity contribution is 7.13. The van der Waals surface area contributed by atoms with Crippen molar-refractivity contribution in [3.8, 4) is 16.3 Å². The molecule has 0 aliphatic heterocycles. The Morgan fingerprint density at radius 2 is 2.07 bits per heavy atom. The van der Waals surface area contributed by atoms with Crippen LogP contribution in [0.4, 0.5) is 0 Å². The molecule has 4 aromatic rings. The molecule has 1 amide bonds. The second kappa shape index (κ2) is 7.43. The summed E-state index contributed by atoms with van der Waals surface area (Å²) in [6.45, 7) is 1.73. The molecule has 3 aromatic heterocycles. The number of hydrogen-bond donors (Lipinski definition) is 1. The number of carbonyl (C=O) groups is 1. The minimum Gasteiger partial charge on any atom is -0.469 e. The minimum absolute atomic E-state index is 0.314. The van der Waals surface area contributed by atoms with Crippen molar-refractivity contribution in [2.24, 2.45) is 5.10 Å². The van der Waals surface area contributed by atoms with Crippen molar-refractivity contribution in [2.45, 2.75) is 6.92 Å². The van der Waals surface area contributed by atoms with Crippen LogP contribution >= 0.6 is 11.3 Å². The smallest absolute Gasteiger partial charge is 0.274 e. The van der Waals surface area contributed by atoms with Gasteiger partial charge in [0.2, 0.25) is 0 Å². The summed E-state index contributed by atoms with van der Waals surface area (Å²) in [7, 11) is 0. The summed E-state index contributed by atoms with van der Waals surface area (Å²) in [5.74, 6) is 0.240. The lowest BCUT2D eigenvalue weighted by molar-refractivity contribution is 0.0953. The third-order valence-electron chi connectivity index (χ3n) is 3.99. The highest BCUT2D eigenvalue weighted by atomic mass is 32.1. The van der Waals surface area contributed by atoms with E-state index in [1.807, 2.05) is 54.0 Å². The van der Waals surface area contributed by atoms with E-state index in [1.54, 1.807) is 35.2 Å². The Morgan fingerprint density at radius 1 is 1.22 bits per heavy atom. The zero-order chi connectivity index (χ0) is 18.6. The van der Waals surface area contributed by atoms with E-state index in [4.69, 9.17) is 9.52 Å². The number of para-hydroxylation sites is 1. The predicted octanol–water partition coefficient (Wildman–Crippen LogP) is 4.27. The molecule has 3 heterocycles. The van der Waals surface area contributed by atoms with E-state index in [0.717, 1.165) is 21.8 Å². The van der Waals surface area contributed by atoms with E-state index in [1.165, 1.54) is 6.26 Å². The Morgan fingerprint density at radius 3 is 2.78 bits per heavy atom. The molecule has 0 aliphatic carbocycles. The summed E-state index contributed by atoms with van der Waals surface area (Å²) in [6.07, 6.45) is 4.98. The number of thiophene rings is 1. The first kappa shape index (κ1) is 17.0. The van der Waals surface area contributed by atoms with Gasteiger partial charge in [0.15, 0.2) is 0 Å². The normalized spacial score (nSPS) is 11.1. The van der Waals surface area contributed by atoms with E-state index >= 15 is 0 Å². The van der Waals surface area contributed by atoms with Crippen molar-refractivity contribution in [2.75, 3.05) is 0 Å². The van der Waals surface area contributed by atoms with Crippen molar-refractivity contribution in [3.05, 3.63) is 83.3 Å². The largest absolute Gasteiger partial charge is 0.469 e. The number of amides is 1. The van der Waals surface area contributed by atoms with Crippen LogP contribution in [0.1, 0.15) is 21.7 Å². The van der Waals surface area contributed by atoms with E-state index < -0.39 is 0 Å². The summed E-state index contributed by atoms with van der Waals surface area (Å²) < 4.78 is 6.95. The van der Waals surface area contributed by atoms with Gasteiger partial charge in [-0.1, -0.05) is 24.3 Å². The van der Waals surface area contributed by atoms with Gasteiger partial charge in [0.1, 0.15) is 11.5 Å². The first-order valence-corrected chi connectivity index (χ1v) is 9.17. The van der Waals surface area contributed by atoms with Gasteiger partial charge in [0, 0.05) is 11.8 Å². The molecule has 7 heteroatoms. The summed E-state index contributed by atoms with van der Waals surface area (Å²) in [6, 6.07) is 15.4. The predicted molar refractivity (Wildman–Crippen MR) is 105 cm³/mol. The van der Waals surface area contributed by atoms with Gasteiger partial charge in [-0.25, -0.2) is 10.1 Å². The molecule has 4 rings (SSSR count). The number of aryl methyl sites for hydroxylation is 1. The molecule has 0 unspecified atom stereocenters. The van der Waals surface area contributed by atoms with Crippen LogP contribution in [0.3, 0.4) is 0 Å². The first-order valence-electron chi connectivity index (χ1n) is 8.29. The SMILES string of the molecule is Cc1occc1C(=O)N/N=C\c1cn(-c2ccccc2)nc1-c1cccs1. The molecule has 0 fully saturated rings. The number of furan rings is 1. The molecule has 0 saturated carbocycles. The average molecular weight is 376 g/mol. The number of benzene rings is 1. The van der Waals surface area contributed by atoms with Crippen LogP contribution < -0.4 is 5.43 Å². The molecular formula is C20H16N4O2S. The molecule has 0 saturated heterocycles. The van der Waals surface area contributed by atoms with Crippen LogP contribution in [-0.4, -0.2) is 21.9 Å². The number of hydrazone groups is 1. The lowest BCUT2D eigenvalue weighted by Crippen LogP contribution is -2.17. The zero-order valence-corrected chi connectivity index (χ0v) is 15.3. The lowest BCUT2D eigenvalue weighted by Gasteiger charge is -1.98. The number of hydrogen-bond acceptors (Lipinski definition) is 5. The molecule has 1 N–H and O–H groups in total. The highest BCUT2D eigenvalue weighted by Crippen LogP contribution is 2.26. The number of nitrogens with zero attached hydrogens (tertiary/aromatic N) is 3. The molecule has 0 bridgehead atoms.